The van der Waals surface area contributed by atoms with Crippen molar-refractivity contribution in [3.8, 4) is 0 Å². The van der Waals surface area contributed by atoms with Crippen LogP contribution in [-0.2, 0) is 28.6 Å². The van der Waals surface area contributed by atoms with Crippen LogP contribution >= 0.6 is 0 Å². The molecule has 76 heavy (non-hydrogen) atoms. The van der Waals surface area contributed by atoms with E-state index >= 15 is 0 Å². The Labute approximate surface area is 470 Å². The van der Waals surface area contributed by atoms with Gasteiger partial charge in [0, 0.05) is 19.3 Å². The van der Waals surface area contributed by atoms with E-state index in [9.17, 15) is 14.4 Å². The number of ether oxygens (including phenoxy) is 3. The first-order valence-corrected chi connectivity index (χ1v) is 32.2. The Bertz CT molecular complexity index is 1490. The quantitative estimate of drug-likeness (QED) is 0.0261. The van der Waals surface area contributed by atoms with Gasteiger partial charge < -0.3 is 14.2 Å². The van der Waals surface area contributed by atoms with Crippen LogP contribution in [0, 0.1) is 0 Å². The SMILES string of the molecule is CC/C=C\C/C=C\C/C=C\C/C=C\C/C=C\CCCCCCCCCCCCCCCCCCCC(=O)OCC(COC(=O)CCCCCCCC)OC(=O)CCCCCCCC/C=C\C/C=C\C/C=C\CCCCC. The van der Waals surface area contributed by atoms with Crippen molar-refractivity contribution in [3.05, 3.63) is 97.2 Å². The van der Waals surface area contributed by atoms with Crippen molar-refractivity contribution in [1.82, 2.24) is 0 Å². The summed E-state index contributed by atoms with van der Waals surface area (Å²) in [6, 6.07) is 0. The van der Waals surface area contributed by atoms with Gasteiger partial charge in [-0.25, -0.2) is 0 Å². The predicted molar refractivity (Wildman–Crippen MR) is 330 cm³/mol. The highest BCUT2D eigenvalue weighted by Crippen LogP contribution is 2.16. The summed E-state index contributed by atoms with van der Waals surface area (Å²) in [6.45, 7) is 6.45. The summed E-state index contributed by atoms with van der Waals surface area (Å²) in [5.41, 5.74) is 0. The van der Waals surface area contributed by atoms with Crippen LogP contribution in [0.1, 0.15) is 310 Å². The molecule has 0 aromatic rings. The second-order valence-electron chi connectivity index (χ2n) is 21.3. The molecule has 0 fully saturated rings. The minimum Gasteiger partial charge on any atom is -0.462 e. The van der Waals surface area contributed by atoms with Gasteiger partial charge in [-0.15, -0.1) is 0 Å². The molecule has 0 bridgehead atoms. The van der Waals surface area contributed by atoms with Crippen LogP contribution in [0.2, 0.25) is 0 Å². The average Bonchev–Trinajstić information content (AvgIpc) is 3.42. The number of hydrogen-bond acceptors (Lipinski definition) is 6. The lowest BCUT2D eigenvalue weighted by molar-refractivity contribution is -0.167. The second-order valence-corrected chi connectivity index (χ2v) is 21.3. The number of allylic oxidation sites excluding steroid dienone is 16. The smallest absolute Gasteiger partial charge is 0.306 e. The summed E-state index contributed by atoms with van der Waals surface area (Å²) in [5.74, 6) is -0.893. The third-order valence-electron chi connectivity index (χ3n) is 13.8. The molecule has 0 aromatic heterocycles. The highest BCUT2D eigenvalue weighted by molar-refractivity contribution is 5.71. The Morgan fingerprint density at radius 1 is 0.276 bits per heavy atom. The molecule has 0 amide bonds. The van der Waals surface area contributed by atoms with E-state index in [1.165, 1.54) is 154 Å². The van der Waals surface area contributed by atoms with E-state index in [1.54, 1.807) is 0 Å². The minimum absolute atomic E-state index is 0.0797. The van der Waals surface area contributed by atoms with Gasteiger partial charge in [0.2, 0.25) is 0 Å². The fraction of sp³-hybridized carbons (Fsp3) is 0.729. The number of esters is 3. The predicted octanol–water partition coefficient (Wildman–Crippen LogP) is 22.0. The van der Waals surface area contributed by atoms with E-state index in [1.807, 2.05) is 0 Å². The van der Waals surface area contributed by atoms with Crippen LogP contribution in [-0.4, -0.2) is 37.2 Å². The van der Waals surface area contributed by atoms with Crippen LogP contribution in [0.5, 0.6) is 0 Å². The highest BCUT2D eigenvalue weighted by atomic mass is 16.6. The fourth-order valence-electron chi connectivity index (χ4n) is 9.01. The molecule has 436 valence electrons. The third kappa shape index (κ3) is 61.2. The molecule has 0 aliphatic rings. The normalized spacial score (nSPS) is 12.7. The van der Waals surface area contributed by atoms with Gasteiger partial charge in [-0.3, -0.25) is 14.4 Å². The highest BCUT2D eigenvalue weighted by Gasteiger charge is 2.19. The van der Waals surface area contributed by atoms with E-state index in [0.29, 0.717) is 19.3 Å². The Balaban J connectivity index is 4.02. The van der Waals surface area contributed by atoms with Gasteiger partial charge in [-0.1, -0.05) is 285 Å². The number of carbonyl (C=O) groups is 3. The molecule has 0 saturated heterocycles. The molecule has 6 nitrogen and oxygen atoms in total. The fourth-order valence-corrected chi connectivity index (χ4v) is 9.01. The van der Waals surface area contributed by atoms with Gasteiger partial charge in [0.25, 0.3) is 0 Å². The van der Waals surface area contributed by atoms with Crippen molar-refractivity contribution in [2.24, 2.45) is 0 Å². The lowest BCUT2D eigenvalue weighted by Gasteiger charge is -2.18. The topological polar surface area (TPSA) is 78.9 Å². The van der Waals surface area contributed by atoms with Gasteiger partial charge in [0.1, 0.15) is 13.2 Å². The molecule has 6 heteroatoms. The van der Waals surface area contributed by atoms with Gasteiger partial charge >= 0.3 is 17.9 Å². The summed E-state index contributed by atoms with van der Waals surface area (Å²) >= 11 is 0. The molecule has 0 heterocycles. The Morgan fingerprint density at radius 3 is 0.829 bits per heavy atom. The maximum Gasteiger partial charge on any atom is 0.306 e. The monoisotopic (exact) mass is 1060 g/mol. The average molecular weight is 1060 g/mol. The Hall–Kier alpha value is -3.67. The number of carbonyl (C=O) groups excluding carboxylic acids is 3. The zero-order chi connectivity index (χ0) is 55.0. The molecule has 0 aliphatic heterocycles. The van der Waals surface area contributed by atoms with Gasteiger partial charge in [0.15, 0.2) is 6.10 Å². The first-order valence-electron chi connectivity index (χ1n) is 32.2. The van der Waals surface area contributed by atoms with Crippen LogP contribution in [0.25, 0.3) is 0 Å². The zero-order valence-corrected chi connectivity index (χ0v) is 50.0. The Morgan fingerprint density at radius 2 is 0.513 bits per heavy atom. The molecule has 0 saturated carbocycles. The molecule has 0 radical (unpaired) electrons. The minimum atomic E-state index is -0.780. The first kappa shape index (κ1) is 72.3. The van der Waals surface area contributed by atoms with Crippen LogP contribution in [0.4, 0.5) is 0 Å². The molecule has 1 unspecified atom stereocenters. The maximum atomic E-state index is 12.8. The van der Waals surface area contributed by atoms with E-state index < -0.39 is 6.10 Å². The second kappa shape index (κ2) is 63.9. The lowest BCUT2D eigenvalue weighted by atomic mass is 10.0. The van der Waals surface area contributed by atoms with Crippen LogP contribution in [0.3, 0.4) is 0 Å². The molecule has 1 atom stereocenters. The maximum absolute atomic E-state index is 12.8. The molecule has 0 spiro atoms. The van der Waals surface area contributed by atoms with E-state index in [-0.39, 0.29) is 31.1 Å². The summed E-state index contributed by atoms with van der Waals surface area (Å²) in [7, 11) is 0. The van der Waals surface area contributed by atoms with Crippen molar-refractivity contribution in [3.63, 3.8) is 0 Å². The number of unbranched alkanes of at least 4 members (excludes halogenated alkanes) is 31. The largest absolute Gasteiger partial charge is 0.462 e. The third-order valence-corrected chi connectivity index (χ3v) is 13.8. The van der Waals surface area contributed by atoms with Crippen molar-refractivity contribution in [2.75, 3.05) is 13.2 Å². The molecule has 0 aromatic carbocycles. The summed E-state index contributed by atoms with van der Waals surface area (Å²) in [5, 5.41) is 0. The summed E-state index contributed by atoms with van der Waals surface area (Å²) in [6.07, 6.45) is 86.0. The number of rotatable bonds is 58. The molecular formula is C70H120O6. The summed E-state index contributed by atoms with van der Waals surface area (Å²) in [4.78, 5) is 38.0. The van der Waals surface area contributed by atoms with Crippen LogP contribution < -0.4 is 0 Å². The first-order chi connectivity index (χ1) is 37.5. The van der Waals surface area contributed by atoms with Gasteiger partial charge in [0.05, 0.1) is 0 Å². The van der Waals surface area contributed by atoms with Gasteiger partial charge in [-0.05, 0) is 103 Å². The van der Waals surface area contributed by atoms with E-state index in [2.05, 4.69) is 118 Å². The van der Waals surface area contributed by atoms with Gasteiger partial charge in [-0.2, -0.15) is 0 Å². The lowest BCUT2D eigenvalue weighted by Crippen LogP contribution is -2.30. The van der Waals surface area contributed by atoms with E-state index in [4.69, 9.17) is 14.2 Å². The molecule has 0 N–H and O–H groups in total. The van der Waals surface area contributed by atoms with E-state index in [0.717, 1.165) is 116 Å². The molecule has 0 aliphatic carbocycles. The van der Waals surface area contributed by atoms with Crippen molar-refractivity contribution in [2.45, 2.75) is 316 Å². The number of hydrogen-bond donors (Lipinski definition) is 0. The molecular weight excluding hydrogens is 937 g/mol. The summed E-state index contributed by atoms with van der Waals surface area (Å²) < 4.78 is 16.8. The Kier molecular flexibility index (Phi) is 60.8. The standard InChI is InChI=1S/C70H120O6/c1-4-7-10-13-16-18-20-22-24-26-28-29-30-31-32-33-34-35-36-37-38-39-40-41-43-44-46-48-50-52-54-57-60-63-69(72)75-66-67(65-74-68(71)62-59-56-15-12-9-6-3)76-70(73)64-61-58-55-53-51-49-47-45-42-27-25-23-21-19-17-14-11-8-5-2/h7,10,16-19,22-25,28-29,31-32,42,45,67H,4-6,8-9,11-15,20-21,26-27,30,33-41,43-44,46-66H2,1-3H3/b10-7-,18-16-,19-17-,24-22-,25-23-,29-28-,32-31-,45-42-. The van der Waals surface area contributed by atoms with Crippen molar-refractivity contribution >= 4 is 17.9 Å². The molecule has 0 rings (SSSR count). The van der Waals surface area contributed by atoms with Crippen molar-refractivity contribution < 1.29 is 28.6 Å². The van der Waals surface area contributed by atoms with Crippen LogP contribution in [0.15, 0.2) is 97.2 Å². The van der Waals surface area contributed by atoms with Crippen molar-refractivity contribution in [1.29, 1.82) is 0 Å². The zero-order valence-electron chi connectivity index (χ0n) is 50.0.